The molecule has 424 valence electrons. The Bertz CT molecular complexity index is 2090. The van der Waals surface area contributed by atoms with Crippen LogP contribution in [0, 0.1) is 18.3 Å². The monoisotopic (exact) mass is 1060 g/mol. The molecule has 0 saturated heterocycles. The molecular formula is C55H90N6O14. The van der Waals surface area contributed by atoms with Crippen LogP contribution in [0.1, 0.15) is 159 Å². The average molecular weight is 1060 g/mol. The molecule has 0 radical (unpaired) electrons. The van der Waals surface area contributed by atoms with Crippen LogP contribution in [-0.4, -0.2) is 127 Å². The Hall–Kier alpha value is -5.89. The summed E-state index contributed by atoms with van der Waals surface area (Å²) in [6.45, 7) is 29.4. The third-order valence-corrected chi connectivity index (χ3v) is 11.0. The number of ether oxygens (including phenoxy) is 5. The van der Waals surface area contributed by atoms with Crippen LogP contribution in [0.25, 0.3) is 0 Å². The fourth-order valence-electron chi connectivity index (χ4n) is 7.53. The maximum atomic E-state index is 14.7. The molecule has 1 rings (SSSR count). The van der Waals surface area contributed by atoms with E-state index in [1.54, 1.807) is 107 Å². The van der Waals surface area contributed by atoms with Gasteiger partial charge in [-0.25, -0.2) is 0 Å². The minimum absolute atomic E-state index is 0.0542. The van der Waals surface area contributed by atoms with Gasteiger partial charge in [-0.2, -0.15) is 0 Å². The first-order valence-electron chi connectivity index (χ1n) is 25.7. The van der Waals surface area contributed by atoms with Crippen LogP contribution in [-0.2, 0) is 73.3 Å². The minimum atomic E-state index is -1.64. The van der Waals surface area contributed by atoms with E-state index in [0.717, 1.165) is 5.56 Å². The second kappa shape index (κ2) is 30.6. The molecular weight excluding hydrogens is 969 g/mol. The summed E-state index contributed by atoms with van der Waals surface area (Å²) >= 11 is 0. The Labute approximate surface area is 445 Å². The molecule has 6 N–H and O–H groups in total. The second-order valence-electron chi connectivity index (χ2n) is 23.2. The number of amides is 6. The van der Waals surface area contributed by atoms with E-state index in [0.29, 0.717) is 18.4 Å². The molecule has 0 fully saturated rings. The van der Waals surface area contributed by atoms with E-state index >= 15 is 0 Å². The van der Waals surface area contributed by atoms with Crippen molar-refractivity contribution in [3.8, 4) is 0 Å². The topological polar surface area (TPSA) is 272 Å². The number of carbonyl (C=O) groups excluding carboxylic acids is 9. The normalized spacial score (nSPS) is 14.4. The van der Waals surface area contributed by atoms with Gasteiger partial charge in [-0.05, 0) is 117 Å². The number of benzene rings is 1. The number of hydrogen-bond donors (Lipinski definition) is 6. The van der Waals surface area contributed by atoms with Crippen molar-refractivity contribution in [2.75, 3.05) is 14.2 Å². The molecule has 0 spiro atoms. The average Bonchev–Trinajstić information content (AvgIpc) is 3.25. The number of methoxy groups -OCH3 is 2. The Balaban J connectivity index is 3.80. The van der Waals surface area contributed by atoms with Crippen molar-refractivity contribution in [3.63, 3.8) is 0 Å². The highest BCUT2D eigenvalue weighted by Crippen LogP contribution is 2.22. The van der Waals surface area contributed by atoms with E-state index in [1.807, 2.05) is 26.8 Å². The van der Waals surface area contributed by atoms with E-state index in [9.17, 15) is 43.2 Å². The zero-order chi connectivity index (χ0) is 57.6. The third kappa shape index (κ3) is 27.5. The third-order valence-electron chi connectivity index (χ3n) is 11.0. The first-order chi connectivity index (χ1) is 34.5. The number of carbonyl (C=O) groups is 9. The summed E-state index contributed by atoms with van der Waals surface area (Å²) in [6, 6.07) is -0.421. The molecule has 20 heteroatoms. The van der Waals surface area contributed by atoms with Gasteiger partial charge < -0.3 is 55.6 Å². The SMILES string of the molecule is C=CCC[C@H](NC(=O)[C@H](CC(C)C)NC(=O)[C@@H](NC(=O)[C@H](Cc1ccccc1C)NC(=O)[C@H](CCC(=O)OC(C)(C)C)NC(=O)[C@H](CC(=O)OC(C)(C)C)NC(=O)CCC(=O)OC(C)(C)C)C(C)(C)C)C(OC)OC. The number of allylic oxidation sites excluding steroid dienone is 1. The lowest BCUT2D eigenvalue weighted by atomic mass is 9.85. The molecule has 75 heavy (non-hydrogen) atoms. The van der Waals surface area contributed by atoms with E-state index in [-0.39, 0.29) is 31.6 Å². The minimum Gasteiger partial charge on any atom is -0.460 e. The number of aryl methyl sites for hydroxylation is 1. The molecule has 20 nitrogen and oxygen atoms in total. The van der Waals surface area contributed by atoms with Crippen LogP contribution in [0.5, 0.6) is 0 Å². The van der Waals surface area contributed by atoms with Crippen LogP contribution in [0.15, 0.2) is 36.9 Å². The number of rotatable bonds is 29. The Morgan fingerprint density at radius 1 is 0.560 bits per heavy atom. The molecule has 0 unspecified atom stereocenters. The van der Waals surface area contributed by atoms with Crippen molar-refractivity contribution >= 4 is 53.4 Å². The zero-order valence-electron chi connectivity index (χ0n) is 47.8. The van der Waals surface area contributed by atoms with Gasteiger partial charge in [0.1, 0.15) is 47.0 Å². The molecule has 0 aliphatic rings. The molecule has 0 heterocycles. The summed E-state index contributed by atoms with van der Waals surface area (Å²) in [7, 11) is 2.90. The van der Waals surface area contributed by atoms with Crippen molar-refractivity contribution in [3.05, 3.63) is 48.0 Å². The Morgan fingerprint density at radius 3 is 1.55 bits per heavy atom. The highest BCUT2D eigenvalue weighted by Gasteiger charge is 2.39. The van der Waals surface area contributed by atoms with Crippen LogP contribution in [0.3, 0.4) is 0 Å². The van der Waals surface area contributed by atoms with Gasteiger partial charge in [0.15, 0.2) is 6.29 Å². The maximum Gasteiger partial charge on any atom is 0.308 e. The smallest absolute Gasteiger partial charge is 0.308 e. The lowest BCUT2D eigenvalue weighted by Gasteiger charge is -2.34. The summed E-state index contributed by atoms with van der Waals surface area (Å²) < 4.78 is 27.2. The molecule has 0 aliphatic heterocycles. The summed E-state index contributed by atoms with van der Waals surface area (Å²) in [5, 5.41) is 16.4. The second-order valence-corrected chi connectivity index (χ2v) is 23.2. The van der Waals surface area contributed by atoms with Gasteiger partial charge >= 0.3 is 17.9 Å². The van der Waals surface area contributed by atoms with Crippen molar-refractivity contribution in [1.82, 2.24) is 31.9 Å². The van der Waals surface area contributed by atoms with Gasteiger partial charge in [-0.3, -0.25) is 43.2 Å². The van der Waals surface area contributed by atoms with Crippen LogP contribution < -0.4 is 31.9 Å². The van der Waals surface area contributed by atoms with E-state index in [4.69, 9.17) is 23.7 Å². The molecule has 1 aromatic rings. The first kappa shape index (κ1) is 67.1. The molecule has 6 atom stereocenters. The van der Waals surface area contributed by atoms with Crippen LogP contribution >= 0.6 is 0 Å². The number of esters is 3. The highest BCUT2D eigenvalue weighted by molar-refractivity contribution is 5.98. The van der Waals surface area contributed by atoms with Gasteiger partial charge in [0.05, 0.1) is 18.9 Å². The van der Waals surface area contributed by atoms with Gasteiger partial charge in [0.2, 0.25) is 35.4 Å². The van der Waals surface area contributed by atoms with E-state index in [1.165, 1.54) is 14.2 Å². The molecule has 1 aromatic carbocycles. The van der Waals surface area contributed by atoms with Crippen LogP contribution in [0.2, 0.25) is 0 Å². The van der Waals surface area contributed by atoms with E-state index < -0.39 is 137 Å². The summed E-state index contributed by atoms with van der Waals surface area (Å²) in [4.78, 5) is 124. The zero-order valence-corrected chi connectivity index (χ0v) is 47.8. The first-order valence-corrected chi connectivity index (χ1v) is 25.7. The number of nitrogens with one attached hydrogen (secondary N) is 6. The van der Waals surface area contributed by atoms with Gasteiger partial charge in [0.25, 0.3) is 0 Å². The van der Waals surface area contributed by atoms with E-state index in [2.05, 4.69) is 38.5 Å². The lowest BCUT2D eigenvalue weighted by Crippen LogP contribution is -2.62. The maximum absolute atomic E-state index is 14.7. The molecule has 0 aromatic heterocycles. The molecule has 0 saturated carbocycles. The predicted molar refractivity (Wildman–Crippen MR) is 283 cm³/mol. The quantitative estimate of drug-likeness (QED) is 0.0264. The van der Waals surface area contributed by atoms with Gasteiger partial charge in [0, 0.05) is 33.5 Å². The summed E-state index contributed by atoms with van der Waals surface area (Å²) in [6.07, 6.45) is -0.197. The summed E-state index contributed by atoms with van der Waals surface area (Å²) in [5.74, 6) is -7.02. The Kier molecular flexibility index (Phi) is 27.4. The van der Waals surface area contributed by atoms with Gasteiger partial charge in [-0.1, -0.05) is 65.0 Å². The summed E-state index contributed by atoms with van der Waals surface area (Å²) in [5.41, 5.74) is -2.25. The van der Waals surface area contributed by atoms with Crippen LogP contribution in [0.4, 0.5) is 0 Å². The van der Waals surface area contributed by atoms with Crippen molar-refractivity contribution in [2.24, 2.45) is 11.3 Å². The largest absolute Gasteiger partial charge is 0.460 e. The van der Waals surface area contributed by atoms with Gasteiger partial charge in [-0.15, -0.1) is 6.58 Å². The Morgan fingerprint density at radius 2 is 1.04 bits per heavy atom. The highest BCUT2D eigenvalue weighted by atomic mass is 16.7. The molecule has 0 bridgehead atoms. The van der Waals surface area contributed by atoms with Crippen molar-refractivity contribution in [1.29, 1.82) is 0 Å². The van der Waals surface area contributed by atoms with Crippen molar-refractivity contribution in [2.45, 2.75) is 221 Å². The number of hydrogen-bond acceptors (Lipinski definition) is 14. The standard InChI is InChI=1S/C55H90N6O14/c1-19-20-25-37(51(71-17)72-18)58-47(67)38(30-33(2)3)60-50(70)45(52(5,6)7)61-49(69)39(31-35-24-22-21-23-34(35)4)59-46(66)36(26-28-42(63)73-53(8,9)10)57-48(68)40(32-44(65)75-55(14,15)16)56-41(62)27-29-43(64)74-54(11,12)13/h19,21-24,33,36-40,45,51H,1,20,25-32H2,2-18H3,(H,56,62)(H,57,68)(H,58,67)(H,59,66)(H,60,70)(H,61,69)/t36-,37-,38-,39-,40-,45+/m0/s1. The lowest BCUT2D eigenvalue weighted by molar-refractivity contribution is -0.158. The molecule has 6 amide bonds. The van der Waals surface area contributed by atoms with Crippen molar-refractivity contribution < 1.29 is 66.8 Å². The predicted octanol–water partition coefficient (Wildman–Crippen LogP) is 5.10. The fraction of sp³-hybridized carbons (Fsp3) is 0.691. The molecule has 0 aliphatic carbocycles. The fourth-order valence-corrected chi connectivity index (χ4v) is 7.53.